The molecule has 0 aliphatic heterocycles. The fourth-order valence-corrected chi connectivity index (χ4v) is 7.30. The third-order valence-electron chi connectivity index (χ3n) is 9.74. The first kappa shape index (κ1) is 29.3. The van der Waals surface area contributed by atoms with E-state index < -0.39 is 0 Å². The third-order valence-corrected chi connectivity index (χ3v) is 9.74. The van der Waals surface area contributed by atoms with Gasteiger partial charge in [0.05, 0.1) is 22.3 Å². The van der Waals surface area contributed by atoms with E-state index in [4.69, 9.17) is 13.8 Å². The molecule has 4 nitrogen and oxygen atoms in total. The van der Waals surface area contributed by atoms with Crippen LogP contribution in [0.5, 0.6) is 0 Å². The largest absolute Gasteiger partial charge is 0.456 e. The number of rotatable bonds is 6. The predicted molar refractivity (Wildman–Crippen MR) is 203 cm³/mol. The number of furan rings is 2. The van der Waals surface area contributed by atoms with Crippen molar-refractivity contribution in [3.05, 3.63) is 145 Å². The summed E-state index contributed by atoms with van der Waals surface area (Å²) in [5, 5.41) is 3.08. The van der Waals surface area contributed by atoms with E-state index in [0.29, 0.717) is 0 Å². The predicted octanol–water partition coefficient (Wildman–Crippen LogP) is 12.9. The number of benzene rings is 6. The van der Waals surface area contributed by atoms with E-state index in [1.54, 1.807) is 0 Å². The van der Waals surface area contributed by atoms with Crippen LogP contribution in [0.2, 0.25) is 0 Å². The lowest BCUT2D eigenvalue weighted by atomic mass is 9.88. The molecule has 0 fully saturated rings. The Morgan fingerprint density at radius 2 is 1.22 bits per heavy atom. The number of fused-ring (bicyclic) bond motifs is 5. The molecule has 0 amide bonds. The van der Waals surface area contributed by atoms with Gasteiger partial charge >= 0.3 is 0 Å². The average Bonchev–Trinajstić information content (AvgIpc) is 3.83. The molecule has 0 radical (unpaired) electrons. The Bertz CT molecular complexity index is 2630. The van der Waals surface area contributed by atoms with Crippen LogP contribution in [0, 0.1) is 0 Å². The standard InChI is InChI=1S/C45H36N2O2/c1-27(2)35-22-31(29-14-7-5-8-15-29)23-36(28(3)4)43(35)47-39-21-12-11-20-38(39)46-45(47)34-19-13-18-33-37-26-41-32(25-42(37)49-44(33)34)24-40(48-41)30-16-9-6-10-17-30/h5-28H,1-4H3. The fraction of sp³-hybridized carbons (Fsp3) is 0.133. The summed E-state index contributed by atoms with van der Waals surface area (Å²) in [4.78, 5) is 5.34. The smallest absolute Gasteiger partial charge is 0.149 e. The van der Waals surface area contributed by atoms with Crippen molar-refractivity contribution in [3.8, 4) is 39.5 Å². The van der Waals surface area contributed by atoms with Gasteiger partial charge in [-0.15, -0.1) is 0 Å². The number of imidazole rings is 1. The molecule has 0 aliphatic carbocycles. The highest BCUT2D eigenvalue weighted by atomic mass is 16.3. The summed E-state index contributed by atoms with van der Waals surface area (Å²) in [6, 6.07) is 46.8. The van der Waals surface area contributed by atoms with Gasteiger partial charge in [-0.25, -0.2) is 4.98 Å². The van der Waals surface area contributed by atoms with Crippen LogP contribution in [0.1, 0.15) is 50.7 Å². The molecule has 0 bridgehead atoms. The van der Waals surface area contributed by atoms with Crippen LogP contribution < -0.4 is 0 Å². The minimum absolute atomic E-state index is 0.281. The van der Waals surface area contributed by atoms with Crippen LogP contribution in [0.4, 0.5) is 0 Å². The van der Waals surface area contributed by atoms with Crippen molar-refractivity contribution in [3.63, 3.8) is 0 Å². The van der Waals surface area contributed by atoms with Gasteiger partial charge < -0.3 is 8.83 Å². The van der Waals surface area contributed by atoms with Crippen LogP contribution in [0.3, 0.4) is 0 Å². The van der Waals surface area contributed by atoms with Crippen LogP contribution in [-0.4, -0.2) is 9.55 Å². The molecule has 0 spiro atoms. The SMILES string of the molecule is CC(C)c1cc(-c2ccccc2)cc(C(C)C)c1-n1c(-c2cccc3c2oc2cc4cc(-c5ccccc5)oc4cc23)nc2ccccc21. The first-order valence-corrected chi connectivity index (χ1v) is 17.1. The van der Waals surface area contributed by atoms with Gasteiger partial charge in [0.15, 0.2) is 0 Å². The highest BCUT2D eigenvalue weighted by Crippen LogP contribution is 2.43. The minimum Gasteiger partial charge on any atom is -0.456 e. The normalized spacial score (nSPS) is 12.0. The molecular weight excluding hydrogens is 601 g/mol. The second-order valence-corrected chi connectivity index (χ2v) is 13.6. The average molecular weight is 637 g/mol. The number of nitrogens with zero attached hydrogens (tertiary/aromatic N) is 2. The topological polar surface area (TPSA) is 44.1 Å². The molecular formula is C45H36N2O2. The van der Waals surface area contributed by atoms with Crippen molar-refractivity contribution < 1.29 is 8.83 Å². The lowest BCUT2D eigenvalue weighted by Gasteiger charge is -2.24. The van der Waals surface area contributed by atoms with Crippen molar-refractivity contribution in [1.29, 1.82) is 0 Å². The van der Waals surface area contributed by atoms with E-state index in [-0.39, 0.29) is 11.8 Å². The molecule has 0 saturated heterocycles. The molecule has 0 atom stereocenters. The van der Waals surface area contributed by atoms with Crippen molar-refractivity contribution in [2.75, 3.05) is 0 Å². The van der Waals surface area contributed by atoms with Crippen LogP contribution in [-0.2, 0) is 0 Å². The van der Waals surface area contributed by atoms with Gasteiger partial charge in [-0.2, -0.15) is 0 Å². The van der Waals surface area contributed by atoms with Crippen molar-refractivity contribution >= 4 is 43.9 Å². The van der Waals surface area contributed by atoms with Gasteiger partial charge in [0.2, 0.25) is 0 Å². The summed E-state index contributed by atoms with van der Waals surface area (Å²) in [6.07, 6.45) is 0. The second-order valence-electron chi connectivity index (χ2n) is 13.6. The molecule has 238 valence electrons. The summed E-state index contributed by atoms with van der Waals surface area (Å²) in [7, 11) is 0. The zero-order chi connectivity index (χ0) is 33.2. The Morgan fingerprint density at radius 1 is 0.551 bits per heavy atom. The van der Waals surface area contributed by atoms with Gasteiger partial charge in [0.25, 0.3) is 0 Å². The lowest BCUT2D eigenvalue weighted by Crippen LogP contribution is -2.09. The number of hydrogen-bond donors (Lipinski definition) is 0. The molecule has 0 N–H and O–H groups in total. The number of para-hydroxylation sites is 3. The number of aromatic nitrogens is 2. The first-order chi connectivity index (χ1) is 23.9. The summed E-state index contributed by atoms with van der Waals surface area (Å²) in [5.41, 5.74) is 12.8. The maximum absolute atomic E-state index is 6.79. The molecule has 0 saturated carbocycles. The van der Waals surface area contributed by atoms with Crippen LogP contribution in [0.25, 0.3) is 83.5 Å². The molecule has 6 aromatic carbocycles. The molecule has 0 unspecified atom stereocenters. The van der Waals surface area contributed by atoms with Gasteiger partial charge in [0, 0.05) is 21.7 Å². The highest BCUT2D eigenvalue weighted by Gasteiger charge is 2.25. The molecule has 4 heteroatoms. The highest BCUT2D eigenvalue weighted by molar-refractivity contribution is 6.13. The maximum atomic E-state index is 6.79. The number of hydrogen-bond acceptors (Lipinski definition) is 3. The van der Waals surface area contributed by atoms with E-state index in [0.717, 1.165) is 66.7 Å². The van der Waals surface area contributed by atoms with Gasteiger partial charge in [0.1, 0.15) is 28.3 Å². The van der Waals surface area contributed by atoms with Crippen molar-refractivity contribution in [1.82, 2.24) is 9.55 Å². The van der Waals surface area contributed by atoms with Gasteiger partial charge in [-0.1, -0.05) is 113 Å². The van der Waals surface area contributed by atoms with Crippen molar-refractivity contribution in [2.24, 2.45) is 0 Å². The van der Waals surface area contributed by atoms with E-state index in [2.05, 4.69) is 148 Å². The van der Waals surface area contributed by atoms with Crippen LogP contribution in [0.15, 0.2) is 142 Å². The Morgan fingerprint density at radius 3 is 1.94 bits per heavy atom. The lowest BCUT2D eigenvalue weighted by molar-refractivity contribution is 0.631. The molecule has 9 aromatic rings. The minimum atomic E-state index is 0.281. The van der Waals surface area contributed by atoms with E-state index >= 15 is 0 Å². The fourth-order valence-electron chi connectivity index (χ4n) is 7.30. The van der Waals surface area contributed by atoms with Crippen LogP contribution >= 0.6 is 0 Å². The second kappa shape index (κ2) is 11.4. The molecule has 9 rings (SSSR count). The zero-order valence-corrected chi connectivity index (χ0v) is 28.1. The Kier molecular flexibility index (Phi) is 6.80. The molecule has 3 heterocycles. The Balaban J connectivity index is 1.30. The van der Waals surface area contributed by atoms with Crippen molar-refractivity contribution in [2.45, 2.75) is 39.5 Å². The maximum Gasteiger partial charge on any atom is 0.149 e. The van der Waals surface area contributed by atoms with E-state index in [1.165, 1.54) is 27.9 Å². The summed E-state index contributed by atoms with van der Waals surface area (Å²) in [6.45, 7) is 9.15. The monoisotopic (exact) mass is 636 g/mol. The van der Waals surface area contributed by atoms with E-state index in [9.17, 15) is 0 Å². The Hall–Kier alpha value is -5.87. The van der Waals surface area contributed by atoms with Gasteiger partial charge in [-0.05, 0) is 82.6 Å². The molecule has 49 heavy (non-hydrogen) atoms. The van der Waals surface area contributed by atoms with E-state index in [1.807, 2.05) is 18.2 Å². The summed E-state index contributed by atoms with van der Waals surface area (Å²) >= 11 is 0. The third kappa shape index (κ3) is 4.78. The zero-order valence-electron chi connectivity index (χ0n) is 28.1. The first-order valence-electron chi connectivity index (χ1n) is 17.1. The summed E-state index contributed by atoms with van der Waals surface area (Å²) in [5.74, 6) is 2.28. The molecule has 0 aliphatic rings. The van der Waals surface area contributed by atoms with Gasteiger partial charge in [-0.3, -0.25) is 4.57 Å². The Labute approximate surface area is 285 Å². The quantitative estimate of drug-likeness (QED) is 0.182. The molecule has 3 aromatic heterocycles. The summed E-state index contributed by atoms with van der Waals surface area (Å²) < 4.78 is 15.5.